The normalized spacial score (nSPS) is 10.5. The molecule has 0 aliphatic rings. The molecule has 1 aromatic heterocycles. The zero-order valence-corrected chi connectivity index (χ0v) is 15.8. The van der Waals surface area contributed by atoms with Gasteiger partial charge in [-0.2, -0.15) is 0 Å². The SMILES string of the molecule is Cc1cccc(NC(=O)CNC(=O)CN(Cc2ccco2)C(=O)C(C)C)c1. The molecule has 3 amide bonds. The van der Waals surface area contributed by atoms with Gasteiger partial charge in [-0.05, 0) is 36.8 Å². The third-order valence-electron chi connectivity index (χ3n) is 3.81. The first-order chi connectivity index (χ1) is 12.8. The van der Waals surface area contributed by atoms with E-state index in [1.165, 1.54) is 11.2 Å². The fourth-order valence-electron chi connectivity index (χ4n) is 2.50. The van der Waals surface area contributed by atoms with Crippen molar-refractivity contribution >= 4 is 23.4 Å². The second kappa shape index (κ2) is 9.56. The Morgan fingerprint density at radius 3 is 2.52 bits per heavy atom. The fraction of sp³-hybridized carbons (Fsp3) is 0.350. The number of furan rings is 1. The van der Waals surface area contributed by atoms with E-state index in [4.69, 9.17) is 4.42 Å². The molecular weight excluding hydrogens is 346 g/mol. The third kappa shape index (κ3) is 6.62. The molecule has 2 N–H and O–H groups in total. The summed E-state index contributed by atoms with van der Waals surface area (Å²) in [5.41, 5.74) is 1.70. The van der Waals surface area contributed by atoms with E-state index in [0.29, 0.717) is 11.4 Å². The molecular formula is C20H25N3O4. The van der Waals surface area contributed by atoms with Crippen molar-refractivity contribution in [2.24, 2.45) is 5.92 Å². The molecule has 144 valence electrons. The van der Waals surface area contributed by atoms with E-state index < -0.39 is 5.91 Å². The number of carbonyl (C=O) groups is 3. The Morgan fingerprint density at radius 2 is 1.89 bits per heavy atom. The Kier molecular flexibility index (Phi) is 7.16. The summed E-state index contributed by atoms with van der Waals surface area (Å²) >= 11 is 0. The van der Waals surface area contributed by atoms with E-state index >= 15 is 0 Å². The molecule has 0 unspecified atom stereocenters. The minimum absolute atomic E-state index is 0.143. The Bertz CT molecular complexity index is 784. The van der Waals surface area contributed by atoms with E-state index in [1.54, 1.807) is 32.0 Å². The first-order valence-electron chi connectivity index (χ1n) is 8.79. The summed E-state index contributed by atoms with van der Waals surface area (Å²) in [4.78, 5) is 38.0. The summed E-state index contributed by atoms with van der Waals surface area (Å²) in [7, 11) is 0. The van der Waals surface area contributed by atoms with E-state index in [0.717, 1.165) is 5.56 Å². The lowest BCUT2D eigenvalue weighted by molar-refractivity contribution is -0.139. The van der Waals surface area contributed by atoms with Gasteiger partial charge in [0.15, 0.2) is 0 Å². The number of amides is 3. The lowest BCUT2D eigenvalue weighted by Crippen LogP contribution is -2.43. The highest BCUT2D eigenvalue weighted by Crippen LogP contribution is 2.10. The van der Waals surface area contributed by atoms with Crippen molar-refractivity contribution in [2.75, 3.05) is 18.4 Å². The maximum absolute atomic E-state index is 12.3. The van der Waals surface area contributed by atoms with Crippen molar-refractivity contribution in [1.82, 2.24) is 10.2 Å². The van der Waals surface area contributed by atoms with E-state index in [-0.39, 0.29) is 37.4 Å². The van der Waals surface area contributed by atoms with Crippen LogP contribution >= 0.6 is 0 Å². The maximum Gasteiger partial charge on any atom is 0.243 e. The molecule has 0 fully saturated rings. The summed E-state index contributed by atoms with van der Waals surface area (Å²) in [6, 6.07) is 10.9. The number of hydrogen-bond donors (Lipinski definition) is 2. The van der Waals surface area contributed by atoms with Crippen molar-refractivity contribution in [3.63, 3.8) is 0 Å². The predicted octanol–water partition coefficient (Wildman–Crippen LogP) is 2.33. The third-order valence-corrected chi connectivity index (χ3v) is 3.81. The maximum atomic E-state index is 12.3. The number of hydrogen-bond acceptors (Lipinski definition) is 4. The molecule has 0 radical (unpaired) electrons. The number of benzene rings is 1. The molecule has 0 saturated heterocycles. The van der Waals surface area contributed by atoms with Crippen LogP contribution in [0.25, 0.3) is 0 Å². The quantitative estimate of drug-likeness (QED) is 0.745. The Labute approximate surface area is 158 Å². The molecule has 2 rings (SSSR count). The van der Waals surface area contributed by atoms with Crippen LogP contribution in [0, 0.1) is 12.8 Å². The molecule has 0 aliphatic carbocycles. The lowest BCUT2D eigenvalue weighted by Gasteiger charge is -2.23. The van der Waals surface area contributed by atoms with Crippen molar-refractivity contribution in [3.05, 3.63) is 54.0 Å². The van der Waals surface area contributed by atoms with Gasteiger partial charge in [-0.1, -0.05) is 26.0 Å². The van der Waals surface area contributed by atoms with Crippen LogP contribution in [0.4, 0.5) is 5.69 Å². The molecule has 0 bridgehead atoms. The first kappa shape index (κ1) is 20.2. The van der Waals surface area contributed by atoms with Crippen LogP contribution in [0.5, 0.6) is 0 Å². The zero-order valence-electron chi connectivity index (χ0n) is 15.8. The fourth-order valence-corrected chi connectivity index (χ4v) is 2.50. The van der Waals surface area contributed by atoms with Gasteiger partial charge in [-0.25, -0.2) is 0 Å². The van der Waals surface area contributed by atoms with Gasteiger partial charge in [0.1, 0.15) is 12.3 Å². The van der Waals surface area contributed by atoms with Gasteiger partial charge >= 0.3 is 0 Å². The van der Waals surface area contributed by atoms with E-state index in [9.17, 15) is 14.4 Å². The van der Waals surface area contributed by atoms with Crippen LogP contribution in [-0.2, 0) is 20.9 Å². The smallest absolute Gasteiger partial charge is 0.243 e. The minimum Gasteiger partial charge on any atom is -0.467 e. The summed E-state index contributed by atoms with van der Waals surface area (Å²) < 4.78 is 5.26. The summed E-state index contributed by atoms with van der Waals surface area (Å²) in [6.45, 7) is 5.35. The Morgan fingerprint density at radius 1 is 1.11 bits per heavy atom. The van der Waals surface area contributed by atoms with Gasteiger partial charge in [-0.15, -0.1) is 0 Å². The van der Waals surface area contributed by atoms with Crippen molar-refractivity contribution in [1.29, 1.82) is 0 Å². The minimum atomic E-state index is -0.407. The molecule has 7 heteroatoms. The molecule has 1 aromatic carbocycles. The molecule has 7 nitrogen and oxygen atoms in total. The summed E-state index contributed by atoms with van der Waals surface area (Å²) in [5.74, 6) is -0.561. The van der Waals surface area contributed by atoms with Crippen molar-refractivity contribution in [3.8, 4) is 0 Å². The van der Waals surface area contributed by atoms with Crippen molar-refractivity contribution < 1.29 is 18.8 Å². The highest BCUT2D eigenvalue weighted by atomic mass is 16.3. The number of carbonyl (C=O) groups excluding carboxylic acids is 3. The average Bonchev–Trinajstić information content (AvgIpc) is 3.12. The Hall–Kier alpha value is -3.09. The number of rotatable bonds is 8. The number of anilines is 1. The number of nitrogens with one attached hydrogen (secondary N) is 2. The van der Waals surface area contributed by atoms with Crippen LogP contribution in [0.2, 0.25) is 0 Å². The Balaban J connectivity index is 1.87. The molecule has 0 spiro atoms. The lowest BCUT2D eigenvalue weighted by atomic mass is 10.2. The van der Waals surface area contributed by atoms with Crippen LogP contribution in [0.1, 0.15) is 25.2 Å². The second-order valence-electron chi connectivity index (χ2n) is 6.62. The first-order valence-corrected chi connectivity index (χ1v) is 8.79. The van der Waals surface area contributed by atoms with Crippen LogP contribution in [0.3, 0.4) is 0 Å². The number of nitrogens with zero attached hydrogens (tertiary/aromatic N) is 1. The topological polar surface area (TPSA) is 91.7 Å². The molecule has 0 atom stereocenters. The monoisotopic (exact) mass is 371 g/mol. The predicted molar refractivity (Wildman–Crippen MR) is 102 cm³/mol. The van der Waals surface area contributed by atoms with E-state index in [1.807, 2.05) is 25.1 Å². The van der Waals surface area contributed by atoms with Gasteiger partial charge in [0.25, 0.3) is 0 Å². The summed E-state index contributed by atoms with van der Waals surface area (Å²) in [5, 5.41) is 5.27. The van der Waals surface area contributed by atoms with Crippen molar-refractivity contribution in [2.45, 2.75) is 27.3 Å². The van der Waals surface area contributed by atoms with E-state index in [2.05, 4.69) is 10.6 Å². The van der Waals surface area contributed by atoms with Gasteiger partial charge < -0.3 is 20.0 Å². The average molecular weight is 371 g/mol. The highest BCUT2D eigenvalue weighted by Gasteiger charge is 2.21. The highest BCUT2D eigenvalue weighted by molar-refractivity contribution is 5.95. The largest absolute Gasteiger partial charge is 0.467 e. The molecule has 0 saturated carbocycles. The van der Waals surface area contributed by atoms with Gasteiger partial charge in [-0.3, -0.25) is 14.4 Å². The van der Waals surface area contributed by atoms with Gasteiger partial charge in [0.05, 0.1) is 19.4 Å². The van der Waals surface area contributed by atoms with Crippen LogP contribution in [0.15, 0.2) is 47.1 Å². The van der Waals surface area contributed by atoms with Crippen LogP contribution < -0.4 is 10.6 Å². The molecule has 1 heterocycles. The second-order valence-corrected chi connectivity index (χ2v) is 6.62. The van der Waals surface area contributed by atoms with Crippen LogP contribution in [-0.4, -0.2) is 35.7 Å². The van der Waals surface area contributed by atoms with Gasteiger partial charge in [0.2, 0.25) is 17.7 Å². The summed E-state index contributed by atoms with van der Waals surface area (Å²) in [6.07, 6.45) is 1.52. The van der Waals surface area contributed by atoms with Gasteiger partial charge in [0, 0.05) is 11.6 Å². The number of aryl methyl sites for hydroxylation is 1. The molecule has 27 heavy (non-hydrogen) atoms. The molecule has 0 aliphatic heterocycles. The standard InChI is InChI=1S/C20H25N3O4/c1-14(2)20(26)23(12-17-8-5-9-27-17)13-19(25)21-11-18(24)22-16-7-4-6-15(3)10-16/h4-10,14H,11-13H2,1-3H3,(H,21,25)(H,22,24). The molecule has 2 aromatic rings. The zero-order chi connectivity index (χ0) is 19.8.